The fourth-order valence-corrected chi connectivity index (χ4v) is 10.2. The third-order valence-electron chi connectivity index (χ3n) is 11.9. The molecule has 0 bridgehead atoms. The molecule has 62 heavy (non-hydrogen) atoms. The number of para-hydroxylation sites is 2. The van der Waals surface area contributed by atoms with Gasteiger partial charge < -0.3 is 4.57 Å². The summed E-state index contributed by atoms with van der Waals surface area (Å²) in [4.78, 5) is 16.0. The van der Waals surface area contributed by atoms with Crippen molar-refractivity contribution >= 4 is 53.3 Å². The van der Waals surface area contributed by atoms with Gasteiger partial charge in [-0.1, -0.05) is 176 Å². The standard InChI is InChI=1S/C57H36N4S/c1-3-17-37(18-4-1)42-23-7-9-27-48(42)55-58-56(60-57(59-55)50-30-16-29-47-46-26-12-14-32-53(46)62-54(47)50)49-28-10-8-24-43(49)40-20-15-19-38(35-40)39-33-34-45-44-25-11-13-31-51(44)61(52(45)36-39)41-21-5-2-6-22-41/h1-36H. The van der Waals surface area contributed by atoms with Gasteiger partial charge in [-0.25, -0.2) is 15.0 Å². The minimum atomic E-state index is 0.626. The van der Waals surface area contributed by atoms with Crippen LogP contribution in [0.15, 0.2) is 218 Å². The Bertz CT molecular complexity index is 3640. The van der Waals surface area contributed by atoms with Crippen molar-refractivity contribution in [2.24, 2.45) is 0 Å². The van der Waals surface area contributed by atoms with Gasteiger partial charge in [-0.15, -0.1) is 11.3 Å². The number of aromatic nitrogens is 4. The normalized spacial score (nSPS) is 11.5. The van der Waals surface area contributed by atoms with E-state index in [1.165, 1.54) is 37.3 Å². The molecule has 0 unspecified atom stereocenters. The minimum absolute atomic E-state index is 0.626. The van der Waals surface area contributed by atoms with Crippen LogP contribution in [-0.4, -0.2) is 19.5 Å². The predicted octanol–water partition coefficient (Wildman–Crippen LogP) is 15.3. The second-order valence-electron chi connectivity index (χ2n) is 15.5. The molecular formula is C57H36N4S. The van der Waals surface area contributed by atoms with Crippen LogP contribution >= 0.6 is 11.3 Å². The highest BCUT2D eigenvalue weighted by Gasteiger charge is 2.20. The van der Waals surface area contributed by atoms with Crippen molar-refractivity contribution in [2.75, 3.05) is 0 Å². The van der Waals surface area contributed by atoms with Crippen molar-refractivity contribution in [1.29, 1.82) is 0 Å². The Labute approximate surface area is 362 Å². The van der Waals surface area contributed by atoms with E-state index in [2.05, 4.69) is 217 Å². The van der Waals surface area contributed by atoms with Crippen LogP contribution in [0.5, 0.6) is 0 Å². The Hall–Kier alpha value is -7.99. The number of fused-ring (bicyclic) bond motifs is 6. The van der Waals surface area contributed by atoms with Crippen LogP contribution in [0.25, 0.3) is 115 Å². The van der Waals surface area contributed by atoms with E-state index in [1.54, 1.807) is 11.3 Å². The van der Waals surface area contributed by atoms with Crippen LogP contribution in [0.1, 0.15) is 0 Å². The molecule has 0 aliphatic carbocycles. The van der Waals surface area contributed by atoms with Crippen molar-refractivity contribution in [2.45, 2.75) is 0 Å². The number of thiophene rings is 1. The van der Waals surface area contributed by atoms with E-state index in [0.29, 0.717) is 17.5 Å². The lowest BCUT2D eigenvalue weighted by atomic mass is 9.95. The molecule has 4 nitrogen and oxygen atoms in total. The first-order valence-electron chi connectivity index (χ1n) is 20.9. The largest absolute Gasteiger partial charge is 0.309 e. The highest BCUT2D eigenvalue weighted by atomic mass is 32.1. The lowest BCUT2D eigenvalue weighted by molar-refractivity contribution is 1.08. The topological polar surface area (TPSA) is 43.6 Å². The van der Waals surface area contributed by atoms with E-state index in [9.17, 15) is 0 Å². The maximum atomic E-state index is 5.36. The van der Waals surface area contributed by atoms with Gasteiger partial charge in [0, 0.05) is 53.3 Å². The monoisotopic (exact) mass is 808 g/mol. The molecule has 0 spiro atoms. The third-order valence-corrected chi connectivity index (χ3v) is 13.1. The van der Waals surface area contributed by atoms with Gasteiger partial charge in [-0.05, 0) is 75.8 Å². The molecule has 0 aliphatic rings. The maximum absolute atomic E-state index is 5.36. The van der Waals surface area contributed by atoms with Gasteiger partial charge in [-0.3, -0.25) is 0 Å². The van der Waals surface area contributed by atoms with Crippen LogP contribution in [-0.2, 0) is 0 Å². The third kappa shape index (κ3) is 6.09. The van der Waals surface area contributed by atoms with E-state index in [4.69, 9.17) is 15.0 Å². The summed E-state index contributed by atoms with van der Waals surface area (Å²) >= 11 is 1.79. The van der Waals surface area contributed by atoms with Crippen LogP contribution in [0.2, 0.25) is 0 Å². The Balaban J connectivity index is 1.03. The van der Waals surface area contributed by atoms with Gasteiger partial charge in [-0.2, -0.15) is 0 Å². The highest BCUT2D eigenvalue weighted by molar-refractivity contribution is 7.26. The SMILES string of the molecule is c1ccc(-c2ccccc2-c2nc(-c3ccccc3-c3cccc(-c4ccc5c6ccccc6n(-c6ccccc6)c5c4)c3)nc(-c3cccc4c3sc3ccccc34)n2)cc1. The molecule has 0 atom stereocenters. The zero-order chi connectivity index (χ0) is 41.0. The van der Waals surface area contributed by atoms with Crippen molar-refractivity contribution < 1.29 is 0 Å². The maximum Gasteiger partial charge on any atom is 0.165 e. The second kappa shape index (κ2) is 14.9. The molecule has 12 aromatic rings. The molecule has 3 heterocycles. The van der Waals surface area contributed by atoms with E-state index >= 15 is 0 Å². The van der Waals surface area contributed by atoms with Gasteiger partial charge in [0.1, 0.15) is 0 Å². The quantitative estimate of drug-likeness (QED) is 0.161. The summed E-state index contributed by atoms with van der Waals surface area (Å²) in [7, 11) is 0. The molecule has 12 rings (SSSR count). The van der Waals surface area contributed by atoms with E-state index in [1.807, 2.05) is 6.07 Å². The van der Waals surface area contributed by atoms with Crippen LogP contribution in [0.4, 0.5) is 0 Å². The molecule has 5 heteroatoms. The summed E-state index contributed by atoms with van der Waals surface area (Å²) < 4.78 is 4.78. The molecule has 0 radical (unpaired) electrons. The first-order valence-corrected chi connectivity index (χ1v) is 21.7. The van der Waals surface area contributed by atoms with Gasteiger partial charge in [0.05, 0.1) is 11.0 Å². The average Bonchev–Trinajstić information content (AvgIpc) is 3.90. The molecule has 0 fully saturated rings. The number of hydrogen-bond donors (Lipinski definition) is 0. The fraction of sp³-hybridized carbons (Fsp3) is 0. The van der Waals surface area contributed by atoms with Gasteiger partial charge in [0.25, 0.3) is 0 Å². The van der Waals surface area contributed by atoms with Gasteiger partial charge >= 0.3 is 0 Å². The van der Waals surface area contributed by atoms with Crippen molar-refractivity contribution in [3.63, 3.8) is 0 Å². The zero-order valence-electron chi connectivity index (χ0n) is 33.5. The van der Waals surface area contributed by atoms with E-state index in [-0.39, 0.29) is 0 Å². The van der Waals surface area contributed by atoms with Crippen LogP contribution in [0, 0.1) is 0 Å². The summed E-state index contributed by atoms with van der Waals surface area (Å²) in [5, 5.41) is 4.92. The first-order chi connectivity index (χ1) is 30.7. The Kier molecular flexibility index (Phi) is 8.65. The number of benzene rings is 9. The summed E-state index contributed by atoms with van der Waals surface area (Å²) in [6, 6.07) is 77.4. The molecule has 0 saturated heterocycles. The summed E-state index contributed by atoms with van der Waals surface area (Å²) in [6.45, 7) is 0. The fourth-order valence-electron chi connectivity index (χ4n) is 9.01. The predicted molar refractivity (Wildman–Crippen MR) is 260 cm³/mol. The van der Waals surface area contributed by atoms with E-state index in [0.717, 1.165) is 60.5 Å². The number of hydrogen-bond acceptors (Lipinski definition) is 4. The summed E-state index contributed by atoms with van der Waals surface area (Å²) in [5.41, 5.74) is 13.0. The van der Waals surface area contributed by atoms with Crippen molar-refractivity contribution in [1.82, 2.24) is 19.5 Å². The van der Waals surface area contributed by atoms with Gasteiger partial charge in [0.2, 0.25) is 0 Å². The molecular weight excluding hydrogens is 773 g/mol. The van der Waals surface area contributed by atoms with Crippen molar-refractivity contribution in [3.05, 3.63) is 218 Å². The summed E-state index contributed by atoms with van der Waals surface area (Å²) in [6.07, 6.45) is 0. The molecule has 9 aromatic carbocycles. The Morgan fingerprint density at radius 3 is 1.56 bits per heavy atom. The minimum Gasteiger partial charge on any atom is -0.309 e. The van der Waals surface area contributed by atoms with Gasteiger partial charge in [0.15, 0.2) is 17.5 Å². The molecule has 0 N–H and O–H groups in total. The lowest BCUT2D eigenvalue weighted by Crippen LogP contribution is -2.02. The first kappa shape index (κ1) is 35.9. The molecule has 0 amide bonds. The zero-order valence-corrected chi connectivity index (χ0v) is 34.3. The molecule has 0 saturated carbocycles. The number of rotatable bonds is 7. The lowest BCUT2D eigenvalue weighted by Gasteiger charge is -2.15. The Morgan fingerprint density at radius 1 is 0.306 bits per heavy atom. The molecule has 3 aromatic heterocycles. The highest BCUT2D eigenvalue weighted by Crippen LogP contribution is 2.42. The molecule has 290 valence electrons. The van der Waals surface area contributed by atoms with E-state index < -0.39 is 0 Å². The molecule has 0 aliphatic heterocycles. The smallest absolute Gasteiger partial charge is 0.165 e. The van der Waals surface area contributed by atoms with Crippen LogP contribution < -0.4 is 0 Å². The average molecular weight is 809 g/mol. The second-order valence-corrected chi connectivity index (χ2v) is 16.6. The van der Waals surface area contributed by atoms with Crippen LogP contribution in [0.3, 0.4) is 0 Å². The number of nitrogens with zero attached hydrogens (tertiary/aromatic N) is 4. The van der Waals surface area contributed by atoms with Crippen molar-refractivity contribution in [3.8, 4) is 73.2 Å². The Morgan fingerprint density at radius 2 is 0.806 bits per heavy atom. The summed E-state index contributed by atoms with van der Waals surface area (Å²) in [5.74, 6) is 1.91.